The zero-order chi connectivity index (χ0) is 15.9. The smallest absolute Gasteiger partial charge is 0.227 e. The van der Waals surface area contributed by atoms with E-state index in [9.17, 15) is 14.0 Å². The summed E-state index contributed by atoms with van der Waals surface area (Å²) in [6.45, 7) is 3.32. The third kappa shape index (κ3) is 4.55. The number of piperidine rings is 1. The minimum absolute atomic E-state index is 0.0914. The van der Waals surface area contributed by atoms with Gasteiger partial charge in [-0.05, 0) is 37.5 Å². The molecule has 0 aliphatic carbocycles. The minimum atomic E-state index is -0.367. The van der Waals surface area contributed by atoms with Crippen LogP contribution in [0.15, 0.2) is 24.3 Å². The van der Waals surface area contributed by atoms with Crippen molar-refractivity contribution < 1.29 is 14.0 Å². The minimum Gasteiger partial charge on any atom is -0.343 e. The molecule has 1 N–H and O–H groups in total. The molecule has 2 amide bonds. The summed E-state index contributed by atoms with van der Waals surface area (Å²) in [6.07, 6.45) is 3.85. The Morgan fingerprint density at radius 3 is 2.68 bits per heavy atom. The lowest BCUT2D eigenvalue weighted by atomic mass is 9.95. The molecule has 1 aliphatic heterocycles. The van der Waals surface area contributed by atoms with E-state index in [0.717, 1.165) is 12.8 Å². The second-order valence-electron chi connectivity index (χ2n) is 5.76. The van der Waals surface area contributed by atoms with E-state index in [0.29, 0.717) is 38.0 Å². The van der Waals surface area contributed by atoms with Crippen LogP contribution in [0.2, 0.25) is 0 Å². The van der Waals surface area contributed by atoms with Gasteiger partial charge in [-0.15, -0.1) is 0 Å². The van der Waals surface area contributed by atoms with Crippen LogP contribution in [0.4, 0.5) is 10.1 Å². The fraction of sp³-hybridized carbons (Fsp3) is 0.529. The lowest BCUT2D eigenvalue weighted by Crippen LogP contribution is -2.41. The van der Waals surface area contributed by atoms with E-state index in [1.807, 2.05) is 4.90 Å². The van der Waals surface area contributed by atoms with Gasteiger partial charge < -0.3 is 10.2 Å². The quantitative estimate of drug-likeness (QED) is 0.908. The second-order valence-corrected chi connectivity index (χ2v) is 5.76. The first kappa shape index (κ1) is 16.5. The SMILES string of the molecule is CCCCC(=O)N1CCC(C(=O)Nc2cccc(F)c2)CC1. The Balaban J connectivity index is 1.81. The first-order chi connectivity index (χ1) is 10.6. The predicted octanol–water partition coefficient (Wildman–Crippen LogP) is 3.19. The van der Waals surface area contributed by atoms with Gasteiger partial charge in [0.25, 0.3) is 0 Å². The fourth-order valence-corrected chi connectivity index (χ4v) is 2.69. The molecule has 1 aliphatic rings. The third-order valence-corrected chi connectivity index (χ3v) is 4.05. The molecular weight excluding hydrogens is 283 g/mol. The number of carbonyl (C=O) groups excluding carboxylic acids is 2. The Labute approximate surface area is 130 Å². The van der Waals surface area contributed by atoms with Gasteiger partial charge in [0.2, 0.25) is 11.8 Å². The molecule has 0 aromatic heterocycles. The van der Waals surface area contributed by atoms with E-state index in [4.69, 9.17) is 0 Å². The molecule has 0 spiro atoms. The number of amides is 2. The predicted molar refractivity (Wildman–Crippen MR) is 83.9 cm³/mol. The number of anilines is 1. The van der Waals surface area contributed by atoms with Crippen molar-refractivity contribution in [3.63, 3.8) is 0 Å². The van der Waals surface area contributed by atoms with E-state index >= 15 is 0 Å². The summed E-state index contributed by atoms with van der Waals surface area (Å²) in [6, 6.07) is 5.89. The van der Waals surface area contributed by atoms with Gasteiger partial charge >= 0.3 is 0 Å². The number of halogens is 1. The number of carbonyl (C=O) groups is 2. The lowest BCUT2D eigenvalue weighted by Gasteiger charge is -2.31. The molecule has 0 unspecified atom stereocenters. The molecular formula is C17H23FN2O2. The maximum atomic E-state index is 13.1. The van der Waals surface area contributed by atoms with Crippen LogP contribution in [-0.4, -0.2) is 29.8 Å². The highest BCUT2D eigenvalue weighted by atomic mass is 19.1. The van der Waals surface area contributed by atoms with Crippen LogP contribution in [-0.2, 0) is 9.59 Å². The summed E-state index contributed by atoms with van der Waals surface area (Å²) in [4.78, 5) is 26.0. The molecule has 1 aromatic carbocycles. The largest absolute Gasteiger partial charge is 0.343 e. The first-order valence-corrected chi connectivity index (χ1v) is 7.94. The van der Waals surface area contributed by atoms with Crippen molar-refractivity contribution in [1.82, 2.24) is 4.90 Å². The molecule has 1 fully saturated rings. The molecule has 1 aromatic rings. The monoisotopic (exact) mass is 306 g/mol. The van der Waals surface area contributed by atoms with Crippen molar-refractivity contribution in [2.45, 2.75) is 39.0 Å². The van der Waals surface area contributed by atoms with Crippen molar-refractivity contribution in [2.75, 3.05) is 18.4 Å². The van der Waals surface area contributed by atoms with Gasteiger partial charge in [0.1, 0.15) is 5.82 Å². The number of nitrogens with zero attached hydrogens (tertiary/aromatic N) is 1. The molecule has 0 radical (unpaired) electrons. The average molecular weight is 306 g/mol. The maximum absolute atomic E-state index is 13.1. The standard InChI is InChI=1S/C17H23FN2O2/c1-2-3-7-16(21)20-10-8-13(9-11-20)17(22)19-15-6-4-5-14(18)12-15/h4-6,12-13H,2-3,7-11H2,1H3,(H,19,22). The van der Waals surface area contributed by atoms with Crippen LogP contribution in [0.1, 0.15) is 39.0 Å². The number of unbranched alkanes of at least 4 members (excludes halogenated alkanes) is 1. The molecule has 0 saturated carbocycles. The van der Waals surface area contributed by atoms with Crippen LogP contribution in [0.5, 0.6) is 0 Å². The number of hydrogen-bond acceptors (Lipinski definition) is 2. The van der Waals surface area contributed by atoms with Gasteiger partial charge in [-0.1, -0.05) is 19.4 Å². The van der Waals surface area contributed by atoms with E-state index in [1.54, 1.807) is 12.1 Å². The Morgan fingerprint density at radius 1 is 1.32 bits per heavy atom. The highest BCUT2D eigenvalue weighted by molar-refractivity contribution is 5.92. The van der Waals surface area contributed by atoms with Crippen molar-refractivity contribution in [2.24, 2.45) is 5.92 Å². The highest BCUT2D eigenvalue weighted by Crippen LogP contribution is 2.20. The van der Waals surface area contributed by atoms with E-state index in [-0.39, 0.29) is 23.5 Å². The highest BCUT2D eigenvalue weighted by Gasteiger charge is 2.27. The van der Waals surface area contributed by atoms with Crippen LogP contribution in [0.3, 0.4) is 0 Å². The van der Waals surface area contributed by atoms with Gasteiger partial charge in [0.05, 0.1) is 0 Å². The summed E-state index contributed by atoms with van der Waals surface area (Å²) in [5.74, 6) is -0.385. The van der Waals surface area contributed by atoms with Crippen LogP contribution >= 0.6 is 0 Å². The van der Waals surface area contributed by atoms with Gasteiger partial charge in [-0.3, -0.25) is 9.59 Å². The molecule has 1 heterocycles. The molecule has 2 rings (SSSR count). The molecule has 120 valence electrons. The number of rotatable bonds is 5. The number of benzene rings is 1. The summed E-state index contributed by atoms with van der Waals surface area (Å²) in [5, 5.41) is 2.75. The van der Waals surface area contributed by atoms with Crippen molar-refractivity contribution in [3.05, 3.63) is 30.1 Å². The van der Waals surface area contributed by atoms with Gasteiger partial charge in [-0.25, -0.2) is 4.39 Å². The Morgan fingerprint density at radius 2 is 2.05 bits per heavy atom. The summed E-state index contributed by atoms with van der Waals surface area (Å²) in [5.41, 5.74) is 0.478. The molecule has 5 heteroatoms. The van der Waals surface area contributed by atoms with Crippen molar-refractivity contribution in [3.8, 4) is 0 Å². The van der Waals surface area contributed by atoms with Crippen LogP contribution in [0.25, 0.3) is 0 Å². The van der Waals surface area contributed by atoms with E-state index in [2.05, 4.69) is 12.2 Å². The molecule has 4 nitrogen and oxygen atoms in total. The molecule has 22 heavy (non-hydrogen) atoms. The van der Waals surface area contributed by atoms with Gasteiger partial charge in [0.15, 0.2) is 0 Å². The van der Waals surface area contributed by atoms with Gasteiger partial charge in [-0.2, -0.15) is 0 Å². The zero-order valence-electron chi connectivity index (χ0n) is 13.0. The maximum Gasteiger partial charge on any atom is 0.227 e. The number of hydrogen-bond donors (Lipinski definition) is 1. The van der Waals surface area contributed by atoms with E-state index < -0.39 is 0 Å². The fourth-order valence-electron chi connectivity index (χ4n) is 2.69. The van der Waals surface area contributed by atoms with Crippen LogP contribution < -0.4 is 5.32 Å². The van der Waals surface area contributed by atoms with Crippen LogP contribution in [0, 0.1) is 11.7 Å². The Bertz CT molecular complexity index is 525. The van der Waals surface area contributed by atoms with E-state index in [1.165, 1.54) is 12.1 Å². The number of nitrogens with one attached hydrogen (secondary N) is 1. The van der Waals surface area contributed by atoms with Gasteiger partial charge in [0, 0.05) is 31.1 Å². The van der Waals surface area contributed by atoms with Crippen molar-refractivity contribution in [1.29, 1.82) is 0 Å². The normalized spacial score (nSPS) is 15.6. The molecule has 0 bridgehead atoms. The summed E-state index contributed by atoms with van der Waals surface area (Å²) >= 11 is 0. The third-order valence-electron chi connectivity index (χ3n) is 4.05. The molecule has 0 atom stereocenters. The topological polar surface area (TPSA) is 49.4 Å². The second kappa shape index (κ2) is 7.92. The summed E-state index contributed by atoms with van der Waals surface area (Å²) < 4.78 is 13.1. The average Bonchev–Trinajstić information content (AvgIpc) is 2.52. The van der Waals surface area contributed by atoms with Crippen molar-refractivity contribution >= 4 is 17.5 Å². The first-order valence-electron chi connectivity index (χ1n) is 7.94. The zero-order valence-corrected chi connectivity index (χ0v) is 13.0. The lowest BCUT2D eigenvalue weighted by molar-refractivity contribution is -0.134. The Hall–Kier alpha value is -1.91. The summed E-state index contributed by atoms with van der Waals surface area (Å²) in [7, 11) is 0. The Kier molecular flexibility index (Phi) is 5.92. The molecule has 1 saturated heterocycles. The number of likely N-dealkylation sites (tertiary alicyclic amines) is 1.